The molecule has 2 aromatic carbocycles. The Balaban J connectivity index is 2.33. The number of phenols is 1. The van der Waals surface area contributed by atoms with E-state index in [0.717, 1.165) is 16.3 Å². The van der Waals surface area contributed by atoms with Crippen LogP contribution in [0.5, 0.6) is 5.75 Å². The molecule has 0 spiro atoms. The van der Waals surface area contributed by atoms with Gasteiger partial charge >= 0.3 is 0 Å². The zero-order valence-electron chi connectivity index (χ0n) is 9.82. The van der Waals surface area contributed by atoms with Gasteiger partial charge < -0.3 is 10.8 Å². The van der Waals surface area contributed by atoms with Gasteiger partial charge in [0.05, 0.1) is 0 Å². The molecule has 0 fully saturated rings. The van der Waals surface area contributed by atoms with Gasteiger partial charge in [0.15, 0.2) is 11.6 Å². The number of carbonyl (C=O) groups excluding carboxylic acids is 1. The number of hydrogen-bond acceptors (Lipinski definition) is 2. The van der Waals surface area contributed by atoms with E-state index in [-0.39, 0.29) is 11.7 Å². The smallest absolute Gasteiger partial charge is 0.217 e. The summed E-state index contributed by atoms with van der Waals surface area (Å²) >= 11 is 0. The van der Waals surface area contributed by atoms with E-state index in [1.165, 1.54) is 12.1 Å². The number of primary amides is 1. The van der Waals surface area contributed by atoms with E-state index in [0.29, 0.717) is 19.3 Å². The average Bonchev–Trinajstić information content (AvgIpc) is 2.31. The lowest BCUT2D eigenvalue weighted by Gasteiger charge is -2.07. The van der Waals surface area contributed by atoms with Gasteiger partial charge in [0.25, 0.3) is 0 Å². The third-order valence-electron chi connectivity index (χ3n) is 2.91. The van der Waals surface area contributed by atoms with Crippen molar-refractivity contribution in [1.29, 1.82) is 0 Å². The third-order valence-corrected chi connectivity index (χ3v) is 2.91. The van der Waals surface area contributed by atoms with E-state index in [9.17, 15) is 14.3 Å². The van der Waals surface area contributed by atoms with Gasteiger partial charge in [-0.2, -0.15) is 0 Å². The third kappa shape index (κ3) is 2.59. The molecule has 0 saturated carbocycles. The molecule has 0 heterocycles. The average molecular weight is 247 g/mol. The molecule has 4 heteroatoms. The largest absolute Gasteiger partial charge is 0.505 e. The number of phenolic OH excluding ortho intramolecular Hbond substituents is 1. The normalized spacial score (nSPS) is 10.7. The van der Waals surface area contributed by atoms with Gasteiger partial charge in [-0.3, -0.25) is 4.79 Å². The minimum absolute atomic E-state index is 0.323. The van der Waals surface area contributed by atoms with Gasteiger partial charge in [-0.05, 0) is 41.3 Å². The summed E-state index contributed by atoms with van der Waals surface area (Å²) in [7, 11) is 0. The monoisotopic (exact) mass is 247 g/mol. The molecule has 94 valence electrons. The Bertz CT molecular complexity index is 596. The summed E-state index contributed by atoms with van der Waals surface area (Å²) in [5.41, 5.74) is 6.06. The quantitative estimate of drug-likeness (QED) is 0.871. The lowest BCUT2D eigenvalue weighted by molar-refractivity contribution is -0.118. The van der Waals surface area contributed by atoms with Crippen LogP contribution in [0.4, 0.5) is 4.39 Å². The van der Waals surface area contributed by atoms with Crippen LogP contribution in [-0.2, 0) is 11.2 Å². The summed E-state index contributed by atoms with van der Waals surface area (Å²) in [6.07, 6.45) is 1.64. The van der Waals surface area contributed by atoms with E-state index in [2.05, 4.69) is 0 Å². The SMILES string of the molecule is NC(=O)CCCc1cccc2cc(F)c(O)cc12. The molecule has 0 aliphatic carbocycles. The number of nitrogens with two attached hydrogens (primary N) is 1. The van der Waals surface area contributed by atoms with Gasteiger partial charge in [-0.25, -0.2) is 4.39 Å². The number of aromatic hydroxyl groups is 1. The number of carbonyl (C=O) groups is 1. The first-order chi connectivity index (χ1) is 8.58. The van der Waals surface area contributed by atoms with Crippen molar-refractivity contribution in [2.45, 2.75) is 19.3 Å². The van der Waals surface area contributed by atoms with Crippen LogP contribution in [0.3, 0.4) is 0 Å². The van der Waals surface area contributed by atoms with Crippen molar-refractivity contribution >= 4 is 16.7 Å². The number of hydrogen-bond donors (Lipinski definition) is 2. The predicted molar refractivity (Wildman–Crippen MR) is 67.7 cm³/mol. The fourth-order valence-corrected chi connectivity index (χ4v) is 2.02. The van der Waals surface area contributed by atoms with Crippen LogP contribution in [0.1, 0.15) is 18.4 Å². The highest BCUT2D eigenvalue weighted by Gasteiger charge is 2.07. The van der Waals surface area contributed by atoms with Crippen molar-refractivity contribution in [1.82, 2.24) is 0 Å². The van der Waals surface area contributed by atoms with Crippen molar-refractivity contribution in [2.75, 3.05) is 0 Å². The first-order valence-corrected chi connectivity index (χ1v) is 5.76. The van der Waals surface area contributed by atoms with Crippen molar-refractivity contribution in [3.05, 3.63) is 41.7 Å². The van der Waals surface area contributed by atoms with Gasteiger partial charge in [-0.1, -0.05) is 18.2 Å². The summed E-state index contributed by atoms with van der Waals surface area (Å²) in [6, 6.07) is 8.25. The minimum atomic E-state index is -0.628. The van der Waals surface area contributed by atoms with Crippen molar-refractivity contribution in [2.24, 2.45) is 5.73 Å². The second-order valence-electron chi connectivity index (χ2n) is 4.26. The summed E-state index contributed by atoms with van der Waals surface area (Å²) in [4.78, 5) is 10.7. The van der Waals surface area contributed by atoms with Gasteiger partial charge in [0.1, 0.15) is 0 Å². The van der Waals surface area contributed by atoms with Gasteiger partial charge in [0, 0.05) is 6.42 Å². The van der Waals surface area contributed by atoms with Crippen LogP contribution >= 0.6 is 0 Å². The second-order valence-corrected chi connectivity index (χ2v) is 4.26. The zero-order chi connectivity index (χ0) is 13.1. The van der Waals surface area contributed by atoms with E-state index in [4.69, 9.17) is 5.73 Å². The fraction of sp³-hybridized carbons (Fsp3) is 0.214. The molecule has 0 aliphatic heterocycles. The summed E-state index contributed by atoms with van der Waals surface area (Å²) in [6.45, 7) is 0. The first-order valence-electron chi connectivity index (χ1n) is 5.76. The van der Waals surface area contributed by atoms with Crippen LogP contribution < -0.4 is 5.73 Å². The van der Waals surface area contributed by atoms with Crippen LogP contribution in [-0.4, -0.2) is 11.0 Å². The molecule has 3 nitrogen and oxygen atoms in total. The molecule has 2 rings (SSSR count). The number of fused-ring (bicyclic) bond motifs is 1. The Morgan fingerprint density at radius 1 is 1.33 bits per heavy atom. The molecule has 2 aromatic rings. The van der Waals surface area contributed by atoms with Crippen LogP contribution in [0.25, 0.3) is 10.8 Å². The van der Waals surface area contributed by atoms with Crippen molar-refractivity contribution < 1.29 is 14.3 Å². The van der Waals surface area contributed by atoms with E-state index < -0.39 is 5.82 Å². The van der Waals surface area contributed by atoms with Crippen LogP contribution in [0.2, 0.25) is 0 Å². The standard InChI is InChI=1S/C14H14FNO2/c15-12-7-10-5-1-3-9(4-2-6-14(16)18)11(10)8-13(12)17/h1,3,5,7-8,17H,2,4,6H2,(H2,16,18). The highest BCUT2D eigenvalue weighted by Crippen LogP contribution is 2.27. The maximum atomic E-state index is 13.2. The number of amides is 1. The van der Waals surface area contributed by atoms with Gasteiger partial charge in [-0.15, -0.1) is 0 Å². The lowest BCUT2D eigenvalue weighted by atomic mass is 9.99. The Labute approximate surface area is 104 Å². The number of halogens is 1. The highest BCUT2D eigenvalue weighted by molar-refractivity contribution is 5.87. The molecule has 1 amide bonds. The topological polar surface area (TPSA) is 63.3 Å². The Kier molecular flexibility index (Phi) is 3.46. The zero-order valence-corrected chi connectivity index (χ0v) is 9.82. The number of aryl methyl sites for hydroxylation is 1. The molecule has 0 radical (unpaired) electrons. The molecule has 0 aliphatic rings. The molecular weight excluding hydrogens is 233 g/mol. The van der Waals surface area contributed by atoms with Crippen molar-refractivity contribution in [3.8, 4) is 5.75 Å². The molecule has 0 saturated heterocycles. The first kappa shape index (κ1) is 12.4. The van der Waals surface area contributed by atoms with E-state index in [1.807, 2.05) is 12.1 Å². The Hall–Kier alpha value is -2.10. The van der Waals surface area contributed by atoms with E-state index in [1.54, 1.807) is 6.07 Å². The summed E-state index contributed by atoms with van der Waals surface area (Å²) < 4.78 is 13.2. The second kappa shape index (κ2) is 5.04. The van der Waals surface area contributed by atoms with Gasteiger partial charge in [0.2, 0.25) is 5.91 Å². The molecule has 0 bridgehead atoms. The lowest BCUT2D eigenvalue weighted by Crippen LogP contribution is -2.10. The van der Waals surface area contributed by atoms with Crippen LogP contribution in [0, 0.1) is 5.82 Å². The summed E-state index contributed by atoms with van der Waals surface area (Å²) in [5.74, 6) is -1.31. The summed E-state index contributed by atoms with van der Waals surface area (Å²) in [5, 5.41) is 11.0. The minimum Gasteiger partial charge on any atom is -0.505 e. The van der Waals surface area contributed by atoms with E-state index >= 15 is 0 Å². The number of rotatable bonds is 4. The molecule has 0 unspecified atom stereocenters. The predicted octanol–water partition coefficient (Wildman–Crippen LogP) is 2.49. The maximum Gasteiger partial charge on any atom is 0.217 e. The van der Waals surface area contributed by atoms with Crippen molar-refractivity contribution in [3.63, 3.8) is 0 Å². The molecule has 0 aromatic heterocycles. The maximum absolute atomic E-state index is 13.2. The number of benzene rings is 2. The Morgan fingerprint density at radius 3 is 2.83 bits per heavy atom. The molecular formula is C14H14FNO2. The Morgan fingerprint density at radius 2 is 2.11 bits per heavy atom. The highest BCUT2D eigenvalue weighted by atomic mass is 19.1. The molecule has 0 atom stereocenters. The molecule has 18 heavy (non-hydrogen) atoms. The fourth-order valence-electron chi connectivity index (χ4n) is 2.02. The van der Waals surface area contributed by atoms with Crippen LogP contribution in [0.15, 0.2) is 30.3 Å². The molecule has 3 N–H and O–H groups in total.